The Bertz CT molecular complexity index is 898. The van der Waals surface area contributed by atoms with Crippen LogP contribution in [0.3, 0.4) is 0 Å². The van der Waals surface area contributed by atoms with Crippen LogP contribution in [0.4, 0.5) is 0 Å². The van der Waals surface area contributed by atoms with Crippen molar-refractivity contribution in [3.63, 3.8) is 0 Å². The van der Waals surface area contributed by atoms with Gasteiger partial charge in [0.15, 0.2) is 11.6 Å². The molecule has 9 heteroatoms. The minimum atomic E-state index is -0.0659. The number of carbonyl (C=O) groups excluding carboxylic acids is 1. The Balaban J connectivity index is 1.37. The number of furan rings is 1. The van der Waals surface area contributed by atoms with E-state index in [1.807, 2.05) is 36.1 Å². The van der Waals surface area contributed by atoms with Crippen molar-refractivity contribution < 1.29 is 13.9 Å². The van der Waals surface area contributed by atoms with E-state index < -0.39 is 0 Å². The number of carbonyl (C=O) groups is 1. The highest BCUT2D eigenvalue weighted by atomic mass is 16.5. The average molecular weight is 382 g/mol. The number of rotatable bonds is 6. The van der Waals surface area contributed by atoms with Crippen molar-refractivity contribution in [2.24, 2.45) is 0 Å². The summed E-state index contributed by atoms with van der Waals surface area (Å²) in [5.41, 5.74) is 0.884. The second-order valence-electron chi connectivity index (χ2n) is 6.48. The largest absolute Gasteiger partial charge is 0.494 e. The zero-order valence-electron chi connectivity index (χ0n) is 15.7. The Morgan fingerprint density at radius 1 is 1.14 bits per heavy atom. The Hall–Kier alpha value is -3.20. The molecule has 28 heavy (non-hydrogen) atoms. The van der Waals surface area contributed by atoms with Gasteiger partial charge in [0.25, 0.3) is 5.91 Å². The Morgan fingerprint density at radius 3 is 2.61 bits per heavy atom. The zero-order chi connectivity index (χ0) is 19.3. The molecule has 4 rings (SSSR count). The molecule has 3 heterocycles. The van der Waals surface area contributed by atoms with Gasteiger partial charge in [0, 0.05) is 26.2 Å². The van der Waals surface area contributed by atoms with Gasteiger partial charge in [-0.1, -0.05) is 0 Å². The monoisotopic (exact) mass is 382 g/mol. The maximum absolute atomic E-state index is 12.4. The van der Waals surface area contributed by atoms with E-state index in [-0.39, 0.29) is 5.91 Å². The van der Waals surface area contributed by atoms with Gasteiger partial charge in [0.05, 0.1) is 25.1 Å². The number of benzene rings is 1. The SMILES string of the molecule is CCOc1ccc(-n2nnnc2CN2CCN(C(=O)c3ccco3)CC2)cc1. The van der Waals surface area contributed by atoms with Crippen LogP contribution in [0.15, 0.2) is 47.1 Å². The van der Waals surface area contributed by atoms with Gasteiger partial charge in [-0.2, -0.15) is 4.68 Å². The number of nitrogens with zero attached hydrogens (tertiary/aromatic N) is 6. The van der Waals surface area contributed by atoms with Crippen LogP contribution >= 0.6 is 0 Å². The normalized spacial score (nSPS) is 15.0. The van der Waals surface area contributed by atoms with Gasteiger partial charge in [-0.25, -0.2) is 0 Å². The lowest BCUT2D eigenvalue weighted by atomic mass is 10.2. The maximum Gasteiger partial charge on any atom is 0.289 e. The summed E-state index contributed by atoms with van der Waals surface area (Å²) in [6.45, 7) is 5.99. The first kappa shape index (κ1) is 18.2. The topological polar surface area (TPSA) is 89.5 Å². The predicted octanol–water partition coefficient (Wildman–Crippen LogP) is 1.61. The van der Waals surface area contributed by atoms with Crippen LogP contribution in [0, 0.1) is 0 Å². The first-order chi connectivity index (χ1) is 13.7. The quantitative estimate of drug-likeness (QED) is 0.640. The summed E-state index contributed by atoms with van der Waals surface area (Å²) in [5.74, 6) is 1.89. The van der Waals surface area contributed by atoms with Crippen molar-refractivity contribution in [2.75, 3.05) is 32.8 Å². The molecule has 1 fully saturated rings. The second-order valence-corrected chi connectivity index (χ2v) is 6.48. The average Bonchev–Trinajstić information content (AvgIpc) is 3.41. The summed E-state index contributed by atoms with van der Waals surface area (Å²) < 4.78 is 12.4. The summed E-state index contributed by atoms with van der Waals surface area (Å²) in [4.78, 5) is 16.4. The fourth-order valence-electron chi connectivity index (χ4n) is 3.22. The molecular weight excluding hydrogens is 360 g/mol. The minimum Gasteiger partial charge on any atom is -0.494 e. The molecular formula is C19H22N6O3. The van der Waals surface area contributed by atoms with E-state index in [1.54, 1.807) is 16.8 Å². The van der Waals surface area contributed by atoms with Gasteiger partial charge in [0.2, 0.25) is 0 Å². The molecule has 0 atom stereocenters. The van der Waals surface area contributed by atoms with E-state index in [2.05, 4.69) is 20.4 Å². The van der Waals surface area contributed by atoms with E-state index in [1.165, 1.54) is 6.26 Å². The summed E-state index contributed by atoms with van der Waals surface area (Å²) in [7, 11) is 0. The van der Waals surface area contributed by atoms with Gasteiger partial charge < -0.3 is 14.1 Å². The summed E-state index contributed by atoms with van der Waals surface area (Å²) in [6.07, 6.45) is 1.52. The third kappa shape index (κ3) is 3.89. The molecule has 1 amide bonds. The molecule has 0 saturated carbocycles. The van der Waals surface area contributed by atoms with Gasteiger partial charge in [0.1, 0.15) is 5.75 Å². The van der Waals surface area contributed by atoms with Crippen molar-refractivity contribution in [1.29, 1.82) is 0 Å². The molecule has 0 unspecified atom stereocenters. The van der Waals surface area contributed by atoms with Crippen LogP contribution in [-0.4, -0.2) is 68.7 Å². The highest BCUT2D eigenvalue weighted by Crippen LogP contribution is 2.17. The van der Waals surface area contributed by atoms with Crippen molar-refractivity contribution in [3.05, 3.63) is 54.2 Å². The molecule has 0 spiro atoms. The van der Waals surface area contributed by atoms with Gasteiger partial charge in [-0.3, -0.25) is 9.69 Å². The van der Waals surface area contributed by atoms with E-state index in [0.29, 0.717) is 32.0 Å². The maximum atomic E-state index is 12.4. The Morgan fingerprint density at radius 2 is 1.93 bits per heavy atom. The molecule has 0 radical (unpaired) electrons. The fourth-order valence-corrected chi connectivity index (χ4v) is 3.22. The van der Waals surface area contributed by atoms with Crippen molar-refractivity contribution in [1.82, 2.24) is 30.0 Å². The van der Waals surface area contributed by atoms with E-state index in [9.17, 15) is 4.79 Å². The Kier molecular flexibility index (Phi) is 5.34. The lowest BCUT2D eigenvalue weighted by Crippen LogP contribution is -2.48. The van der Waals surface area contributed by atoms with E-state index >= 15 is 0 Å². The zero-order valence-corrected chi connectivity index (χ0v) is 15.7. The lowest BCUT2D eigenvalue weighted by Gasteiger charge is -2.33. The summed E-state index contributed by atoms with van der Waals surface area (Å²) in [5, 5.41) is 12.1. The van der Waals surface area contributed by atoms with Crippen LogP contribution in [0.5, 0.6) is 5.75 Å². The van der Waals surface area contributed by atoms with E-state index in [0.717, 1.165) is 30.4 Å². The molecule has 1 aliphatic heterocycles. The number of hydrogen-bond acceptors (Lipinski definition) is 7. The molecule has 9 nitrogen and oxygen atoms in total. The molecule has 0 bridgehead atoms. The molecule has 0 N–H and O–H groups in total. The first-order valence-corrected chi connectivity index (χ1v) is 9.30. The standard InChI is InChI=1S/C19H22N6O3/c1-2-27-16-7-5-15(6-8-16)25-18(20-21-22-25)14-23-9-11-24(12-10-23)19(26)17-4-3-13-28-17/h3-8,13H,2,9-12,14H2,1H3. The van der Waals surface area contributed by atoms with Crippen LogP contribution in [0.2, 0.25) is 0 Å². The highest BCUT2D eigenvalue weighted by Gasteiger charge is 2.24. The highest BCUT2D eigenvalue weighted by molar-refractivity contribution is 5.91. The van der Waals surface area contributed by atoms with Crippen molar-refractivity contribution in [2.45, 2.75) is 13.5 Å². The summed E-state index contributed by atoms with van der Waals surface area (Å²) >= 11 is 0. The fraction of sp³-hybridized carbons (Fsp3) is 0.368. The number of amides is 1. The van der Waals surface area contributed by atoms with Crippen LogP contribution in [-0.2, 0) is 6.54 Å². The van der Waals surface area contributed by atoms with Crippen LogP contribution in [0.1, 0.15) is 23.3 Å². The molecule has 146 valence electrons. The van der Waals surface area contributed by atoms with Crippen LogP contribution in [0.25, 0.3) is 5.69 Å². The van der Waals surface area contributed by atoms with Gasteiger partial charge in [-0.05, 0) is 53.7 Å². The number of tetrazole rings is 1. The van der Waals surface area contributed by atoms with E-state index in [4.69, 9.17) is 9.15 Å². The number of ether oxygens (including phenoxy) is 1. The second kappa shape index (κ2) is 8.22. The molecule has 0 aliphatic carbocycles. The molecule has 1 aliphatic rings. The van der Waals surface area contributed by atoms with Crippen LogP contribution < -0.4 is 4.74 Å². The number of hydrogen-bond donors (Lipinski definition) is 0. The van der Waals surface area contributed by atoms with Crippen molar-refractivity contribution >= 4 is 5.91 Å². The first-order valence-electron chi connectivity index (χ1n) is 9.30. The molecule has 3 aromatic rings. The molecule has 1 aromatic carbocycles. The van der Waals surface area contributed by atoms with Crippen molar-refractivity contribution in [3.8, 4) is 11.4 Å². The molecule has 1 saturated heterocycles. The predicted molar refractivity (Wildman–Crippen MR) is 100 cm³/mol. The minimum absolute atomic E-state index is 0.0659. The molecule has 2 aromatic heterocycles. The number of aromatic nitrogens is 4. The third-order valence-corrected chi connectivity index (χ3v) is 4.68. The smallest absolute Gasteiger partial charge is 0.289 e. The van der Waals surface area contributed by atoms with Gasteiger partial charge in [-0.15, -0.1) is 5.10 Å². The summed E-state index contributed by atoms with van der Waals surface area (Å²) in [6, 6.07) is 11.1. The number of piperazine rings is 1. The third-order valence-electron chi connectivity index (χ3n) is 4.68. The Labute approximate surface area is 162 Å². The lowest BCUT2D eigenvalue weighted by molar-refractivity contribution is 0.0594. The van der Waals surface area contributed by atoms with Gasteiger partial charge >= 0.3 is 0 Å².